The van der Waals surface area contributed by atoms with Crippen molar-refractivity contribution >= 4 is 11.6 Å². The molecular weight excluding hydrogens is 352 g/mol. The number of aryl methyl sites for hydroxylation is 1. The Labute approximate surface area is 157 Å². The minimum Gasteiger partial charge on any atom is -0.493 e. The molecule has 0 N–H and O–H groups in total. The molecule has 0 fully saturated rings. The van der Waals surface area contributed by atoms with Crippen molar-refractivity contribution in [3.63, 3.8) is 0 Å². The minimum atomic E-state index is -0.618. The van der Waals surface area contributed by atoms with Gasteiger partial charge in [0.15, 0.2) is 11.5 Å². The normalized spacial score (nSPS) is 10.2. The zero-order chi connectivity index (χ0) is 20.0. The van der Waals surface area contributed by atoms with Gasteiger partial charge in [0.05, 0.1) is 31.8 Å². The van der Waals surface area contributed by atoms with Crippen LogP contribution in [0.25, 0.3) is 0 Å². The van der Waals surface area contributed by atoms with Gasteiger partial charge < -0.3 is 19.1 Å². The highest BCUT2D eigenvalue weighted by Gasteiger charge is 2.26. The van der Waals surface area contributed by atoms with E-state index in [1.54, 1.807) is 7.05 Å². The molecule has 8 nitrogen and oxygen atoms in total. The molecule has 27 heavy (non-hydrogen) atoms. The summed E-state index contributed by atoms with van der Waals surface area (Å²) >= 11 is 0. The third-order valence-electron chi connectivity index (χ3n) is 4.05. The quantitative estimate of drug-likeness (QED) is 0.521. The Bertz CT molecular complexity index is 837. The molecule has 0 atom stereocenters. The van der Waals surface area contributed by atoms with Gasteiger partial charge in [-0.15, -0.1) is 0 Å². The smallest absolute Gasteiger partial charge is 0.286 e. The maximum Gasteiger partial charge on any atom is 0.286 e. The van der Waals surface area contributed by atoms with Gasteiger partial charge in [-0.1, -0.05) is 18.2 Å². The van der Waals surface area contributed by atoms with Crippen molar-refractivity contribution in [2.45, 2.75) is 6.92 Å². The molecule has 2 aromatic carbocycles. The van der Waals surface area contributed by atoms with E-state index in [1.165, 1.54) is 31.3 Å². The number of ether oxygens (including phenoxy) is 3. The van der Waals surface area contributed by atoms with E-state index < -0.39 is 10.8 Å². The zero-order valence-corrected chi connectivity index (χ0v) is 15.7. The van der Waals surface area contributed by atoms with Crippen molar-refractivity contribution < 1.29 is 23.9 Å². The maximum atomic E-state index is 12.7. The molecule has 0 aliphatic carbocycles. The molecule has 0 unspecified atom stereocenters. The number of benzene rings is 2. The topological polar surface area (TPSA) is 91.1 Å². The summed E-state index contributed by atoms with van der Waals surface area (Å²) in [5.74, 6) is 0.661. The summed E-state index contributed by atoms with van der Waals surface area (Å²) in [5.41, 5.74) is 0.572. The summed E-state index contributed by atoms with van der Waals surface area (Å²) in [4.78, 5) is 24.8. The van der Waals surface area contributed by atoms with E-state index in [4.69, 9.17) is 14.2 Å². The Morgan fingerprint density at radius 3 is 2.33 bits per heavy atom. The van der Waals surface area contributed by atoms with Crippen LogP contribution in [0, 0.1) is 17.0 Å². The number of nitrogens with zero attached hydrogens (tertiary/aromatic N) is 2. The number of carbonyl (C=O) groups is 1. The Morgan fingerprint density at radius 2 is 1.74 bits per heavy atom. The standard InChI is InChI=1S/C19H22N2O6/c1-13-7-5-6-8-16(13)27-10-9-20(2)19(22)14-11-17(25-3)18(26-4)12-15(14)21(23)24/h5-8,11-12H,9-10H2,1-4H3. The van der Waals surface area contributed by atoms with Crippen molar-refractivity contribution in [1.82, 2.24) is 4.90 Å². The predicted molar refractivity (Wildman–Crippen MR) is 99.8 cm³/mol. The van der Waals surface area contributed by atoms with Gasteiger partial charge in [-0.2, -0.15) is 0 Å². The third-order valence-corrected chi connectivity index (χ3v) is 4.05. The largest absolute Gasteiger partial charge is 0.493 e. The highest BCUT2D eigenvalue weighted by atomic mass is 16.6. The van der Waals surface area contributed by atoms with Crippen molar-refractivity contribution in [2.24, 2.45) is 0 Å². The number of hydrogen-bond donors (Lipinski definition) is 0. The second kappa shape index (κ2) is 8.88. The number of carbonyl (C=O) groups excluding carboxylic acids is 1. The van der Waals surface area contributed by atoms with Crippen molar-refractivity contribution in [3.8, 4) is 17.2 Å². The van der Waals surface area contributed by atoms with E-state index >= 15 is 0 Å². The predicted octanol–water partition coefficient (Wildman–Crippen LogP) is 3.07. The van der Waals surface area contributed by atoms with E-state index in [-0.39, 0.29) is 35.9 Å². The summed E-state index contributed by atoms with van der Waals surface area (Å²) in [6, 6.07) is 10.0. The molecule has 2 aromatic rings. The Hall–Kier alpha value is -3.29. The van der Waals surface area contributed by atoms with Crippen molar-refractivity contribution in [3.05, 3.63) is 57.6 Å². The fourth-order valence-corrected chi connectivity index (χ4v) is 2.51. The third kappa shape index (κ3) is 4.66. The number of para-hydroxylation sites is 1. The Balaban J connectivity index is 2.15. The van der Waals surface area contributed by atoms with Crippen LogP contribution in [0.15, 0.2) is 36.4 Å². The number of methoxy groups -OCH3 is 2. The van der Waals surface area contributed by atoms with E-state index in [2.05, 4.69) is 0 Å². The molecule has 0 aliphatic rings. The van der Waals surface area contributed by atoms with Crippen LogP contribution in [-0.4, -0.2) is 50.1 Å². The molecule has 2 rings (SSSR count). The first-order valence-corrected chi connectivity index (χ1v) is 8.23. The second-order valence-corrected chi connectivity index (χ2v) is 5.82. The SMILES string of the molecule is COc1cc(C(=O)N(C)CCOc2ccccc2C)c([N+](=O)[O-])cc1OC. The van der Waals surface area contributed by atoms with Crippen LogP contribution in [0.4, 0.5) is 5.69 Å². The number of nitro groups is 1. The molecule has 8 heteroatoms. The average molecular weight is 374 g/mol. The molecular formula is C19H22N2O6. The van der Waals surface area contributed by atoms with Gasteiger partial charge in [0.2, 0.25) is 0 Å². The zero-order valence-electron chi connectivity index (χ0n) is 15.7. The highest BCUT2D eigenvalue weighted by Crippen LogP contribution is 2.35. The summed E-state index contributed by atoms with van der Waals surface area (Å²) in [7, 11) is 4.33. The van der Waals surface area contributed by atoms with Crippen LogP contribution >= 0.6 is 0 Å². The van der Waals surface area contributed by atoms with E-state index in [0.29, 0.717) is 0 Å². The Kier molecular flexibility index (Phi) is 6.59. The molecule has 0 radical (unpaired) electrons. The van der Waals surface area contributed by atoms with Gasteiger partial charge in [-0.3, -0.25) is 14.9 Å². The van der Waals surface area contributed by atoms with Gasteiger partial charge in [0.25, 0.3) is 11.6 Å². The van der Waals surface area contributed by atoms with Crippen LogP contribution < -0.4 is 14.2 Å². The first kappa shape index (κ1) is 20.0. The lowest BCUT2D eigenvalue weighted by molar-refractivity contribution is -0.385. The molecule has 144 valence electrons. The fourth-order valence-electron chi connectivity index (χ4n) is 2.51. The maximum absolute atomic E-state index is 12.7. The lowest BCUT2D eigenvalue weighted by atomic mass is 10.1. The summed E-state index contributed by atoms with van der Waals surface area (Å²) in [6.07, 6.45) is 0. The molecule has 0 spiro atoms. The summed E-state index contributed by atoms with van der Waals surface area (Å²) in [6.45, 7) is 2.45. The number of rotatable bonds is 8. The highest BCUT2D eigenvalue weighted by molar-refractivity contribution is 5.99. The van der Waals surface area contributed by atoms with E-state index in [1.807, 2.05) is 31.2 Å². The van der Waals surface area contributed by atoms with Gasteiger partial charge in [-0.25, -0.2) is 0 Å². The number of nitro benzene ring substituents is 1. The van der Waals surface area contributed by atoms with Crippen LogP contribution in [-0.2, 0) is 0 Å². The minimum absolute atomic E-state index is 0.0731. The van der Waals surface area contributed by atoms with Crippen molar-refractivity contribution in [1.29, 1.82) is 0 Å². The molecule has 0 saturated heterocycles. The summed E-state index contributed by atoms with van der Waals surface area (Å²) < 4.78 is 15.9. The fraction of sp³-hybridized carbons (Fsp3) is 0.316. The number of amides is 1. The van der Waals surface area contributed by atoms with Crippen molar-refractivity contribution in [2.75, 3.05) is 34.4 Å². The first-order chi connectivity index (χ1) is 12.9. The molecule has 0 heterocycles. The van der Waals surface area contributed by atoms with Gasteiger partial charge in [0, 0.05) is 13.1 Å². The lowest BCUT2D eigenvalue weighted by Gasteiger charge is -2.19. The van der Waals surface area contributed by atoms with Gasteiger partial charge in [0.1, 0.15) is 17.9 Å². The summed E-state index contributed by atoms with van der Waals surface area (Å²) in [5, 5.41) is 11.4. The number of hydrogen-bond acceptors (Lipinski definition) is 6. The van der Waals surface area contributed by atoms with E-state index in [0.717, 1.165) is 11.3 Å². The molecule has 0 aromatic heterocycles. The monoisotopic (exact) mass is 374 g/mol. The van der Waals surface area contributed by atoms with Crippen LogP contribution in [0.3, 0.4) is 0 Å². The van der Waals surface area contributed by atoms with E-state index in [9.17, 15) is 14.9 Å². The van der Waals surface area contributed by atoms with Gasteiger partial charge in [-0.05, 0) is 18.6 Å². The van der Waals surface area contributed by atoms with Crippen LogP contribution in [0.2, 0.25) is 0 Å². The second-order valence-electron chi connectivity index (χ2n) is 5.82. The van der Waals surface area contributed by atoms with Crippen LogP contribution in [0.1, 0.15) is 15.9 Å². The van der Waals surface area contributed by atoms with Crippen LogP contribution in [0.5, 0.6) is 17.2 Å². The first-order valence-electron chi connectivity index (χ1n) is 8.23. The van der Waals surface area contributed by atoms with Gasteiger partial charge >= 0.3 is 0 Å². The molecule has 1 amide bonds. The molecule has 0 saturated carbocycles. The molecule has 0 bridgehead atoms. The average Bonchev–Trinajstić information content (AvgIpc) is 2.67. The number of likely N-dealkylation sites (N-methyl/N-ethyl adjacent to an activating group) is 1. The lowest BCUT2D eigenvalue weighted by Crippen LogP contribution is -2.31. The molecule has 0 aliphatic heterocycles. The Morgan fingerprint density at radius 1 is 1.11 bits per heavy atom.